The van der Waals surface area contributed by atoms with Gasteiger partial charge in [-0.2, -0.15) is 0 Å². The highest BCUT2D eigenvalue weighted by atomic mass is 16.5. The van der Waals surface area contributed by atoms with Crippen LogP contribution in [0.4, 0.5) is 5.69 Å². The Labute approximate surface area is 193 Å². The number of nitrogens with zero attached hydrogens (tertiary/aromatic N) is 3. The smallest absolute Gasteiger partial charge is 0.150 e. The van der Waals surface area contributed by atoms with Gasteiger partial charge in [0.15, 0.2) is 0 Å². The number of carbonyl (C=O) groups is 1. The summed E-state index contributed by atoms with van der Waals surface area (Å²) in [6, 6.07) is 4.66. The molecule has 0 radical (unpaired) electrons. The van der Waals surface area contributed by atoms with E-state index < -0.39 is 0 Å². The van der Waals surface area contributed by atoms with E-state index >= 15 is 0 Å². The van der Waals surface area contributed by atoms with Gasteiger partial charge in [0.25, 0.3) is 0 Å². The molecule has 0 aliphatic carbocycles. The van der Waals surface area contributed by atoms with E-state index in [1.807, 2.05) is 24.6 Å². The molecule has 32 heavy (non-hydrogen) atoms. The number of aliphatic imine (C=N–C) groups is 1. The number of hydrogen-bond donors (Lipinski definition) is 1. The van der Waals surface area contributed by atoms with Crippen molar-refractivity contribution in [2.45, 2.75) is 39.2 Å². The molecule has 2 aliphatic heterocycles. The minimum Gasteiger partial charge on any atom is -0.390 e. The molecule has 0 bridgehead atoms. The van der Waals surface area contributed by atoms with E-state index in [1.54, 1.807) is 0 Å². The maximum Gasteiger partial charge on any atom is 0.150 e. The molecule has 2 heterocycles. The van der Waals surface area contributed by atoms with Crippen molar-refractivity contribution < 1.29 is 9.53 Å². The standard InChI is InChI=1S/C26H38N4O2/c1-4-30(25-8-15-32-16-9-25)26-18-23(17-24(20-31)21(26)2)22-7-5-10-27-12-14-29(3)13-6-11-28-19-22/h5,7,10,17-20,25,27H,4,6,8-9,11-16H2,1-3H3/b10-5+,22-7+,28-19?. The lowest BCUT2D eigenvalue weighted by atomic mass is 9.96. The third-order valence-corrected chi connectivity index (χ3v) is 6.35. The van der Waals surface area contributed by atoms with Crippen molar-refractivity contribution in [3.63, 3.8) is 0 Å². The van der Waals surface area contributed by atoms with Crippen molar-refractivity contribution in [2.75, 3.05) is 57.9 Å². The molecular weight excluding hydrogens is 400 g/mol. The zero-order chi connectivity index (χ0) is 22.8. The molecular formula is C26H38N4O2. The van der Waals surface area contributed by atoms with Gasteiger partial charge >= 0.3 is 0 Å². The lowest BCUT2D eigenvalue weighted by molar-refractivity contribution is 0.0846. The first kappa shape index (κ1) is 24.2. The molecule has 3 rings (SSSR count). The molecule has 174 valence electrons. The summed E-state index contributed by atoms with van der Waals surface area (Å²) in [6.07, 6.45) is 12.1. The number of allylic oxidation sites excluding steroid dienone is 3. The van der Waals surface area contributed by atoms with Crippen LogP contribution < -0.4 is 10.2 Å². The van der Waals surface area contributed by atoms with Crippen LogP contribution in [0.3, 0.4) is 0 Å². The van der Waals surface area contributed by atoms with Crippen molar-refractivity contribution in [1.82, 2.24) is 10.2 Å². The van der Waals surface area contributed by atoms with Gasteiger partial charge in [0.2, 0.25) is 0 Å². The minimum absolute atomic E-state index is 0.436. The number of ether oxygens (including phenoxy) is 1. The number of aldehydes is 1. The Kier molecular flexibility index (Phi) is 9.50. The number of hydrogen-bond acceptors (Lipinski definition) is 6. The average Bonchev–Trinajstić information content (AvgIpc) is 2.83. The Bertz CT molecular complexity index is 840. The number of likely N-dealkylation sites (N-methyl/N-ethyl adjacent to an activating group) is 1. The quantitative estimate of drug-likeness (QED) is 0.711. The van der Waals surface area contributed by atoms with Crippen LogP contribution in [0, 0.1) is 6.92 Å². The fourth-order valence-electron chi connectivity index (χ4n) is 4.41. The van der Waals surface area contributed by atoms with E-state index in [9.17, 15) is 4.79 Å². The predicted octanol–water partition coefficient (Wildman–Crippen LogP) is 3.71. The Hall–Kier alpha value is -2.44. The van der Waals surface area contributed by atoms with Gasteiger partial charge < -0.3 is 19.9 Å². The summed E-state index contributed by atoms with van der Waals surface area (Å²) in [5.74, 6) is 0. The van der Waals surface area contributed by atoms with Crippen LogP contribution in [0.15, 0.2) is 35.5 Å². The second-order valence-electron chi connectivity index (χ2n) is 8.58. The molecule has 0 saturated carbocycles. The molecule has 1 fully saturated rings. The predicted molar refractivity (Wildman–Crippen MR) is 134 cm³/mol. The fourth-order valence-corrected chi connectivity index (χ4v) is 4.41. The molecule has 6 heteroatoms. The second-order valence-corrected chi connectivity index (χ2v) is 8.58. The molecule has 1 N–H and O–H groups in total. The van der Waals surface area contributed by atoms with Gasteiger partial charge in [-0.05, 0) is 87.8 Å². The summed E-state index contributed by atoms with van der Waals surface area (Å²) in [5, 5.41) is 3.35. The van der Waals surface area contributed by atoms with Gasteiger partial charge in [0, 0.05) is 62.9 Å². The van der Waals surface area contributed by atoms with Crippen molar-refractivity contribution >= 4 is 23.8 Å². The van der Waals surface area contributed by atoms with Gasteiger partial charge in [0.05, 0.1) is 0 Å². The fraction of sp³-hybridized carbons (Fsp3) is 0.538. The molecule has 6 nitrogen and oxygen atoms in total. The third kappa shape index (κ3) is 6.53. The van der Waals surface area contributed by atoms with E-state index in [-0.39, 0.29) is 0 Å². The Balaban J connectivity index is 1.96. The van der Waals surface area contributed by atoms with E-state index in [1.165, 1.54) is 0 Å². The zero-order valence-electron chi connectivity index (χ0n) is 19.8. The lowest BCUT2D eigenvalue weighted by Gasteiger charge is -2.36. The molecule has 0 aromatic heterocycles. The van der Waals surface area contributed by atoms with Crippen LogP contribution >= 0.6 is 0 Å². The molecule has 1 saturated heterocycles. The molecule has 1 aromatic carbocycles. The van der Waals surface area contributed by atoms with Gasteiger partial charge in [-0.15, -0.1) is 0 Å². The Morgan fingerprint density at radius 1 is 1.28 bits per heavy atom. The van der Waals surface area contributed by atoms with Crippen LogP contribution in [0.25, 0.3) is 5.57 Å². The maximum atomic E-state index is 12.0. The topological polar surface area (TPSA) is 57.2 Å². The molecule has 0 atom stereocenters. The van der Waals surface area contributed by atoms with Crippen LogP contribution in [-0.4, -0.2) is 76.4 Å². The van der Waals surface area contributed by atoms with Crippen LogP contribution in [0.5, 0.6) is 0 Å². The molecule has 1 aromatic rings. The summed E-state index contributed by atoms with van der Waals surface area (Å²) >= 11 is 0. The van der Waals surface area contributed by atoms with Gasteiger partial charge in [-0.1, -0.05) is 6.08 Å². The molecule has 2 aliphatic rings. The van der Waals surface area contributed by atoms with Gasteiger partial charge in [-0.3, -0.25) is 9.79 Å². The summed E-state index contributed by atoms with van der Waals surface area (Å²) in [4.78, 5) is 21.4. The Morgan fingerprint density at radius 2 is 2.09 bits per heavy atom. The van der Waals surface area contributed by atoms with Gasteiger partial charge in [-0.25, -0.2) is 0 Å². The number of anilines is 1. The first-order valence-corrected chi connectivity index (χ1v) is 11.9. The monoisotopic (exact) mass is 438 g/mol. The van der Waals surface area contributed by atoms with Gasteiger partial charge in [0.1, 0.15) is 6.29 Å². The van der Waals surface area contributed by atoms with Crippen molar-refractivity contribution in [3.05, 3.63) is 47.2 Å². The summed E-state index contributed by atoms with van der Waals surface area (Å²) in [5.41, 5.74) is 4.96. The number of benzene rings is 1. The number of carbonyl (C=O) groups excluding carboxylic acids is 1. The molecule has 0 unspecified atom stereocenters. The number of nitrogens with one attached hydrogen (secondary N) is 1. The van der Waals surface area contributed by atoms with E-state index in [2.05, 4.69) is 48.2 Å². The first-order chi connectivity index (χ1) is 15.6. The molecule has 0 amide bonds. The second kappa shape index (κ2) is 12.6. The summed E-state index contributed by atoms with van der Waals surface area (Å²) in [7, 11) is 2.14. The third-order valence-electron chi connectivity index (χ3n) is 6.35. The zero-order valence-corrected chi connectivity index (χ0v) is 19.8. The number of rotatable bonds is 5. The summed E-state index contributed by atoms with van der Waals surface area (Å²) in [6.45, 7) is 10.5. The van der Waals surface area contributed by atoms with Crippen molar-refractivity contribution in [3.8, 4) is 0 Å². The van der Waals surface area contributed by atoms with Crippen LogP contribution in [0.1, 0.15) is 47.7 Å². The van der Waals surface area contributed by atoms with E-state index in [0.717, 1.165) is 99.4 Å². The largest absolute Gasteiger partial charge is 0.390 e. The van der Waals surface area contributed by atoms with E-state index in [0.29, 0.717) is 6.04 Å². The normalized spacial score (nSPS) is 21.9. The van der Waals surface area contributed by atoms with Crippen LogP contribution in [0.2, 0.25) is 0 Å². The lowest BCUT2D eigenvalue weighted by Crippen LogP contribution is -2.40. The minimum atomic E-state index is 0.436. The Morgan fingerprint density at radius 3 is 2.84 bits per heavy atom. The first-order valence-electron chi connectivity index (χ1n) is 11.9. The van der Waals surface area contributed by atoms with E-state index in [4.69, 9.17) is 9.73 Å². The SMILES string of the molecule is CCN(c1cc(/C2=C/C=C/NCCN(C)CCCN=C2)cc(C=O)c1C)C1CCOCC1. The summed E-state index contributed by atoms with van der Waals surface area (Å²) < 4.78 is 5.58. The van der Waals surface area contributed by atoms with Crippen LogP contribution in [-0.2, 0) is 4.74 Å². The van der Waals surface area contributed by atoms with Crippen molar-refractivity contribution in [1.29, 1.82) is 0 Å². The average molecular weight is 439 g/mol. The highest BCUT2D eigenvalue weighted by Crippen LogP contribution is 2.31. The maximum absolute atomic E-state index is 12.0. The molecule has 0 spiro atoms. The highest BCUT2D eigenvalue weighted by molar-refractivity contribution is 6.11. The van der Waals surface area contributed by atoms with Crippen molar-refractivity contribution in [2.24, 2.45) is 4.99 Å². The highest BCUT2D eigenvalue weighted by Gasteiger charge is 2.23.